The summed E-state index contributed by atoms with van der Waals surface area (Å²) in [5.74, 6) is -0.0871. The number of hydrogen-bond donors (Lipinski definition) is 1. The van der Waals surface area contributed by atoms with Crippen LogP contribution in [0.1, 0.15) is 41.0 Å². The van der Waals surface area contributed by atoms with E-state index in [0.29, 0.717) is 19.5 Å². The van der Waals surface area contributed by atoms with E-state index in [2.05, 4.69) is 5.32 Å². The lowest BCUT2D eigenvalue weighted by Gasteiger charge is -2.24. The number of hydrogen-bond acceptors (Lipinski definition) is 3. The number of nitrogens with one attached hydrogen (secondary N) is 1. The molecule has 1 aliphatic rings. The molecule has 0 aromatic heterocycles. The summed E-state index contributed by atoms with van der Waals surface area (Å²) < 4.78 is 5.29. The summed E-state index contributed by atoms with van der Waals surface area (Å²) in [6.07, 6.45) is 0.375. The summed E-state index contributed by atoms with van der Waals surface area (Å²) in [6.45, 7) is 10.4. The molecule has 5 nitrogen and oxygen atoms in total. The smallest absolute Gasteiger partial charge is 0.410 e. The van der Waals surface area contributed by atoms with Gasteiger partial charge in [-0.15, -0.1) is 0 Å². The summed E-state index contributed by atoms with van der Waals surface area (Å²) in [4.78, 5) is 25.2. The van der Waals surface area contributed by atoms with Crippen LogP contribution in [0.4, 0.5) is 4.79 Å². The van der Waals surface area contributed by atoms with Gasteiger partial charge in [0.2, 0.25) is 5.91 Å². The molecule has 1 heterocycles. The predicted octanol–water partition coefficient (Wildman–Crippen LogP) is 1.77. The second-order valence-electron chi connectivity index (χ2n) is 6.08. The van der Waals surface area contributed by atoms with Crippen molar-refractivity contribution in [3.63, 3.8) is 0 Å². The maximum absolute atomic E-state index is 11.8. The zero-order valence-corrected chi connectivity index (χ0v) is 11.9. The topological polar surface area (TPSA) is 58.6 Å². The van der Waals surface area contributed by atoms with Crippen LogP contribution in [0.2, 0.25) is 0 Å². The predicted molar refractivity (Wildman–Crippen MR) is 69.2 cm³/mol. The van der Waals surface area contributed by atoms with Gasteiger partial charge in [-0.2, -0.15) is 0 Å². The normalized spacial score (nSPS) is 20.1. The third-order valence-corrected chi connectivity index (χ3v) is 2.64. The Morgan fingerprint density at radius 1 is 1.33 bits per heavy atom. The van der Waals surface area contributed by atoms with E-state index >= 15 is 0 Å². The summed E-state index contributed by atoms with van der Waals surface area (Å²) in [5, 5.41) is 2.87. The summed E-state index contributed by atoms with van der Waals surface area (Å²) in [7, 11) is 0. The fourth-order valence-electron chi connectivity index (χ4n) is 1.87. The van der Waals surface area contributed by atoms with Gasteiger partial charge in [0.15, 0.2) is 0 Å². The molecule has 1 saturated heterocycles. The van der Waals surface area contributed by atoms with Crippen LogP contribution in [-0.2, 0) is 9.53 Å². The van der Waals surface area contributed by atoms with Crippen molar-refractivity contribution in [2.45, 2.75) is 52.7 Å². The molecular weight excluding hydrogens is 232 g/mol. The van der Waals surface area contributed by atoms with Gasteiger partial charge in [-0.3, -0.25) is 4.79 Å². The standard InChI is InChI=1S/C13H24N2O3/c1-9(2)14-11(16)10-6-7-15(8-10)12(17)18-13(3,4)5/h9-10H,6-8H2,1-5H3,(H,14,16). The number of amides is 2. The van der Waals surface area contributed by atoms with E-state index in [1.54, 1.807) is 4.90 Å². The van der Waals surface area contributed by atoms with Gasteiger partial charge < -0.3 is 15.0 Å². The van der Waals surface area contributed by atoms with E-state index in [9.17, 15) is 9.59 Å². The van der Waals surface area contributed by atoms with E-state index in [-0.39, 0.29) is 24.0 Å². The average Bonchev–Trinajstić information content (AvgIpc) is 2.61. The Labute approximate surface area is 109 Å². The molecule has 0 radical (unpaired) electrons. The molecule has 1 unspecified atom stereocenters. The summed E-state index contributed by atoms with van der Waals surface area (Å²) in [6, 6.07) is 0.132. The Kier molecular flexibility index (Phi) is 4.59. The van der Waals surface area contributed by atoms with Crippen LogP contribution in [0.25, 0.3) is 0 Å². The highest BCUT2D eigenvalue weighted by molar-refractivity contribution is 5.80. The molecule has 104 valence electrons. The van der Waals surface area contributed by atoms with E-state index in [4.69, 9.17) is 4.74 Å². The van der Waals surface area contributed by atoms with Crippen molar-refractivity contribution >= 4 is 12.0 Å². The minimum absolute atomic E-state index is 0.0241. The van der Waals surface area contributed by atoms with Crippen LogP contribution in [0.5, 0.6) is 0 Å². The van der Waals surface area contributed by atoms with Crippen molar-refractivity contribution in [1.82, 2.24) is 10.2 Å². The Morgan fingerprint density at radius 2 is 1.94 bits per heavy atom. The highest BCUT2D eigenvalue weighted by atomic mass is 16.6. The fraction of sp³-hybridized carbons (Fsp3) is 0.846. The van der Waals surface area contributed by atoms with Crippen molar-refractivity contribution in [3.05, 3.63) is 0 Å². The number of ether oxygens (including phenoxy) is 1. The first kappa shape index (κ1) is 14.8. The first-order valence-corrected chi connectivity index (χ1v) is 6.47. The zero-order chi connectivity index (χ0) is 13.9. The molecule has 1 atom stereocenters. The van der Waals surface area contributed by atoms with Gasteiger partial charge in [-0.1, -0.05) is 0 Å². The second kappa shape index (κ2) is 5.59. The van der Waals surface area contributed by atoms with E-state index in [1.165, 1.54) is 0 Å². The number of carbonyl (C=O) groups excluding carboxylic acids is 2. The Hall–Kier alpha value is -1.26. The van der Waals surface area contributed by atoms with Crippen molar-refractivity contribution in [2.24, 2.45) is 5.92 Å². The van der Waals surface area contributed by atoms with Gasteiger partial charge in [0.05, 0.1) is 5.92 Å². The SMILES string of the molecule is CC(C)NC(=O)C1CCN(C(=O)OC(C)(C)C)C1. The van der Waals surface area contributed by atoms with Crippen molar-refractivity contribution in [1.29, 1.82) is 0 Å². The Balaban J connectivity index is 2.46. The monoisotopic (exact) mass is 256 g/mol. The highest BCUT2D eigenvalue weighted by Crippen LogP contribution is 2.19. The molecule has 0 aromatic carbocycles. The lowest BCUT2D eigenvalue weighted by molar-refractivity contribution is -0.125. The van der Waals surface area contributed by atoms with Crippen LogP contribution in [-0.4, -0.2) is 41.6 Å². The van der Waals surface area contributed by atoms with Gasteiger partial charge in [0.25, 0.3) is 0 Å². The van der Waals surface area contributed by atoms with Crippen LogP contribution in [0.3, 0.4) is 0 Å². The molecule has 1 rings (SSSR count). The molecular formula is C13H24N2O3. The number of likely N-dealkylation sites (tertiary alicyclic amines) is 1. The van der Waals surface area contributed by atoms with Gasteiger partial charge in [-0.25, -0.2) is 4.79 Å². The minimum atomic E-state index is -0.491. The lowest BCUT2D eigenvalue weighted by Crippen LogP contribution is -2.39. The number of carbonyl (C=O) groups is 2. The van der Waals surface area contributed by atoms with Crippen LogP contribution in [0, 0.1) is 5.92 Å². The first-order chi connectivity index (χ1) is 8.19. The quantitative estimate of drug-likeness (QED) is 0.819. The molecule has 18 heavy (non-hydrogen) atoms. The maximum atomic E-state index is 11.8. The van der Waals surface area contributed by atoms with Gasteiger partial charge in [-0.05, 0) is 41.0 Å². The fourth-order valence-corrected chi connectivity index (χ4v) is 1.87. The van der Waals surface area contributed by atoms with E-state index < -0.39 is 5.60 Å². The van der Waals surface area contributed by atoms with Crippen LogP contribution in [0.15, 0.2) is 0 Å². The van der Waals surface area contributed by atoms with Crippen LogP contribution >= 0.6 is 0 Å². The maximum Gasteiger partial charge on any atom is 0.410 e. The molecule has 0 saturated carbocycles. The van der Waals surface area contributed by atoms with Gasteiger partial charge >= 0.3 is 6.09 Å². The number of nitrogens with zero attached hydrogens (tertiary/aromatic N) is 1. The molecule has 0 aliphatic carbocycles. The highest BCUT2D eigenvalue weighted by Gasteiger charge is 2.33. The van der Waals surface area contributed by atoms with Crippen molar-refractivity contribution < 1.29 is 14.3 Å². The zero-order valence-electron chi connectivity index (χ0n) is 11.9. The molecule has 0 aromatic rings. The largest absolute Gasteiger partial charge is 0.444 e. The summed E-state index contributed by atoms with van der Waals surface area (Å²) in [5.41, 5.74) is -0.491. The Bertz CT molecular complexity index is 321. The molecule has 1 aliphatic heterocycles. The van der Waals surface area contributed by atoms with E-state index in [1.807, 2.05) is 34.6 Å². The summed E-state index contributed by atoms with van der Waals surface area (Å²) >= 11 is 0. The van der Waals surface area contributed by atoms with Gasteiger partial charge in [0, 0.05) is 19.1 Å². The second-order valence-corrected chi connectivity index (χ2v) is 6.08. The molecule has 0 bridgehead atoms. The first-order valence-electron chi connectivity index (χ1n) is 6.47. The molecule has 2 amide bonds. The van der Waals surface area contributed by atoms with E-state index in [0.717, 1.165) is 0 Å². The van der Waals surface area contributed by atoms with Gasteiger partial charge in [0.1, 0.15) is 5.60 Å². The Morgan fingerprint density at radius 3 is 2.44 bits per heavy atom. The van der Waals surface area contributed by atoms with Crippen molar-refractivity contribution in [2.75, 3.05) is 13.1 Å². The molecule has 1 N–H and O–H groups in total. The minimum Gasteiger partial charge on any atom is -0.444 e. The lowest BCUT2D eigenvalue weighted by atomic mass is 10.1. The molecule has 1 fully saturated rings. The third kappa shape index (κ3) is 4.55. The van der Waals surface area contributed by atoms with Crippen molar-refractivity contribution in [3.8, 4) is 0 Å². The molecule has 0 spiro atoms. The van der Waals surface area contributed by atoms with Crippen LogP contribution < -0.4 is 5.32 Å². The number of rotatable bonds is 2. The average molecular weight is 256 g/mol. The molecule has 5 heteroatoms. The third-order valence-electron chi connectivity index (χ3n) is 2.64.